The number of hydrogen-bond acceptors (Lipinski definition) is 3. The maximum Gasteiger partial charge on any atom is 0.336 e. The molecule has 0 spiro atoms. The molecule has 0 saturated carbocycles. The highest BCUT2D eigenvalue weighted by Gasteiger charge is 2.23. The van der Waals surface area contributed by atoms with Gasteiger partial charge in [-0.3, -0.25) is 0 Å². The molecule has 5 heteroatoms. The molecule has 0 aliphatic rings. The van der Waals surface area contributed by atoms with Crippen LogP contribution in [0.4, 0.5) is 0 Å². The number of carboxylic acids is 2. The Morgan fingerprint density at radius 1 is 1.23 bits per heavy atom. The van der Waals surface area contributed by atoms with E-state index in [1.807, 2.05) is 20.8 Å². The molecular formula is C17H24O5. The van der Waals surface area contributed by atoms with Crippen LogP contribution in [0.3, 0.4) is 0 Å². The van der Waals surface area contributed by atoms with Gasteiger partial charge in [-0.25, -0.2) is 9.59 Å². The molecule has 1 rings (SSSR count). The first-order chi connectivity index (χ1) is 10.3. The first kappa shape index (κ1) is 18.0. The molecule has 0 bridgehead atoms. The highest BCUT2D eigenvalue weighted by atomic mass is 16.5. The Labute approximate surface area is 130 Å². The van der Waals surface area contributed by atoms with E-state index in [4.69, 9.17) is 4.74 Å². The molecule has 0 amide bonds. The van der Waals surface area contributed by atoms with Gasteiger partial charge in [0.15, 0.2) is 0 Å². The van der Waals surface area contributed by atoms with E-state index in [0.29, 0.717) is 24.3 Å². The third-order valence-corrected chi connectivity index (χ3v) is 3.45. The normalized spacial score (nSPS) is 10.8. The zero-order chi connectivity index (χ0) is 16.9. The highest BCUT2D eigenvalue weighted by molar-refractivity contribution is 5.98. The fraction of sp³-hybridized carbons (Fsp3) is 0.529. The number of aromatic carboxylic acids is 2. The van der Waals surface area contributed by atoms with E-state index in [1.165, 1.54) is 13.0 Å². The fourth-order valence-electron chi connectivity index (χ4n) is 2.31. The van der Waals surface area contributed by atoms with Gasteiger partial charge < -0.3 is 14.9 Å². The third-order valence-electron chi connectivity index (χ3n) is 3.45. The van der Waals surface area contributed by atoms with Crippen molar-refractivity contribution in [3.8, 4) is 5.75 Å². The third kappa shape index (κ3) is 4.23. The summed E-state index contributed by atoms with van der Waals surface area (Å²) in [6.45, 7) is 7.94. The SMILES string of the molecule is CCCCc1c(OCC(C)C)cc(C(=O)O)c(C)c1C(=O)O. The minimum absolute atomic E-state index is 0.0172. The molecule has 1 aromatic carbocycles. The van der Waals surface area contributed by atoms with Crippen molar-refractivity contribution < 1.29 is 24.5 Å². The van der Waals surface area contributed by atoms with Gasteiger partial charge in [0.2, 0.25) is 0 Å². The van der Waals surface area contributed by atoms with Gasteiger partial charge in [-0.2, -0.15) is 0 Å². The summed E-state index contributed by atoms with van der Waals surface area (Å²) in [6, 6.07) is 1.46. The standard InChI is InChI=1S/C17H24O5/c1-5-6-7-12-14(22-9-10(2)3)8-13(16(18)19)11(4)15(12)17(20)21/h8,10H,5-7,9H2,1-4H3,(H,18,19)(H,20,21). The van der Waals surface area contributed by atoms with E-state index < -0.39 is 11.9 Å². The zero-order valence-electron chi connectivity index (χ0n) is 13.6. The number of carbonyl (C=O) groups is 2. The molecule has 0 aliphatic heterocycles. The van der Waals surface area contributed by atoms with Crippen molar-refractivity contribution in [3.05, 3.63) is 28.3 Å². The van der Waals surface area contributed by atoms with Crippen molar-refractivity contribution in [2.75, 3.05) is 6.61 Å². The summed E-state index contributed by atoms with van der Waals surface area (Å²) < 4.78 is 5.71. The van der Waals surface area contributed by atoms with Crippen LogP contribution in [0.15, 0.2) is 6.07 Å². The van der Waals surface area contributed by atoms with Crippen LogP contribution in [0.1, 0.15) is 65.5 Å². The molecular weight excluding hydrogens is 284 g/mol. The predicted octanol–water partition coefficient (Wildman–Crippen LogP) is 3.77. The average molecular weight is 308 g/mol. The van der Waals surface area contributed by atoms with Gasteiger partial charge >= 0.3 is 11.9 Å². The number of ether oxygens (including phenoxy) is 1. The van der Waals surface area contributed by atoms with E-state index in [1.54, 1.807) is 0 Å². The minimum atomic E-state index is -1.14. The van der Waals surface area contributed by atoms with Crippen molar-refractivity contribution in [3.63, 3.8) is 0 Å². The molecule has 0 unspecified atom stereocenters. The first-order valence-corrected chi connectivity index (χ1v) is 7.55. The largest absolute Gasteiger partial charge is 0.493 e. The van der Waals surface area contributed by atoms with Crippen LogP contribution in [0.25, 0.3) is 0 Å². The van der Waals surface area contributed by atoms with Crippen molar-refractivity contribution in [2.45, 2.75) is 47.0 Å². The quantitative estimate of drug-likeness (QED) is 0.763. The smallest absolute Gasteiger partial charge is 0.336 e. The molecule has 5 nitrogen and oxygen atoms in total. The molecule has 0 radical (unpaired) electrons. The van der Waals surface area contributed by atoms with Gasteiger partial charge in [-0.1, -0.05) is 27.2 Å². The van der Waals surface area contributed by atoms with Gasteiger partial charge in [0.25, 0.3) is 0 Å². The molecule has 22 heavy (non-hydrogen) atoms. The number of benzene rings is 1. The Balaban J connectivity index is 3.47. The topological polar surface area (TPSA) is 83.8 Å². The summed E-state index contributed by atoms with van der Waals surface area (Å²) in [5.41, 5.74) is 0.920. The molecule has 0 saturated heterocycles. The van der Waals surface area contributed by atoms with E-state index in [2.05, 4.69) is 0 Å². The Kier molecular flexibility index (Phi) is 6.40. The number of rotatable bonds is 8. The molecule has 0 fully saturated rings. The summed E-state index contributed by atoms with van der Waals surface area (Å²) in [4.78, 5) is 23.0. The van der Waals surface area contributed by atoms with E-state index in [9.17, 15) is 19.8 Å². The van der Waals surface area contributed by atoms with Crippen molar-refractivity contribution >= 4 is 11.9 Å². The molecule has 0 aromatic heterocycles. The van der Waals surface area contributed by atoms with E-state index in [-0.39, 0.29) is 22.6 Å². The Morgan fingerprint density at radius 2 is 1.86 bits per heavy atom. The second-order valence-corrected chi connectivity index (χ2v) is 5.82. The second-order valence-electron chi connectivity index (χ2n) is 5.82. The number of unbranched alkanes of at least 4 members (excludes halogenated alkanes) is 1. The van der Waals surface area contributed by atoms with E-state index >= 15 is 0 Å². The van der Waals surface area contributed by atoms with Gasteiger partial charge in [0.1, 0.15) is 5.75 Å². The predicted molar refractivity (Wildman–Crippen MR) is 84.0 cm³/mol. The van der Waals surface area contributed by atoms with Crippen molar-refractivity contribution in [1.82, 2.24) is 0 Å². The molecule has 122 valence electrons. The molecule has 1 aromatic rings. The lowest BCUT2D eigenvalue weighted by atomic mass is 9.92. The average Bonchev–Trinajstić information content (AvgIpc) is 2.42. The van der Waals surface area contributed by atoms with Crippen LogP contribution in [-0.2, 0) is 6.42 Å². The summed E-state index contributed by atoms with van der Waals surface area (Å²) in [5.74, 6) is -1.61. The number of carboxylic acid groups (broad SMARTS) is 2. The van der Waals surface area contributed by atoms with Gasteiger partial charge in [0.05, 0.1) is 17.7 Å². The molecule has 2 N–H and O–H groups in total. The fourth-order valence-corrected chi connectivity index (χ4v) is 2.31. The Morgan fingerprint density at radius 3 is 2.32 bits per heavy atom. The molecule has 0 heterocycles. The van der Waals surface area contributed by atoms with Gasteiger partial charge in [-0.15, -0.1) is 0 Å². The summed E-state index contributed by atoms with van der Waals surface area (Å²) in [5, 5.41) is 18.8. The Hall–Kier alpha value is -2.04. The lowest BCUT2D eigenvalue weighted by Gasteiger charge is -2.18. The number of hydrogen-bond donors (Lipinski definition) is 2. The van der Waals surface area contributed by atoms with Crippen molar-refractivity contribution in [1.29, 1.82) is 0 Å². The summed E-state index contributed by atoms with van der Waals surface area (Å²) in [7, 11) is 0. The van der Waals surface area contributed by atoms with Crippen LogP contribution in [0, 0.1) is 12.8 Å². The highest BCUT2D eigenvalue weighted by Crippen LogP contribution is 2.31. The second kappa shape index (κ2) is 7.82. The lowest BCUT2D eigenvalue weighted by Crippen LogP contribution is -2.15. The zero-order valence-corrected chi connectivity index (χ0v) is 13.6. The monoisotopic (exact) mass is 308 g/mol. The molecule has 0 atom stereocenters. The minimum Gasteiger partial charge on any atom is -0.493 e. The summed E-state index contributed by atoms with van der Waals surface area (Å²) in [6.07, 6.45) is 2.30. The first-order valence-electron chi connectivity index (χ1n) is 7.55. The lowest BCUT2D eigenvalue weighted by molar-refractivity contribution is 0.0694. The van der Waals surface area contributed by atoms with Crippen LogP contribution in [0.2, 0.25) is 0 Å². The van der Waals surface area contributed by atoms with Crippen LogP contribution in [-0.4, -0.2) is 28.8 Å². The maximum atomic E-state index is 11.6. The molecule has 0 aliphatic carbocycles. The summed E-state index contributed by atoms with van der Waals surface area (Å²) >= 11 is 0. The van der Waals surface area contributed by atoms with Crippen LogP contribution >= 0.6 is 0 Å². The van der Waals surface area contributed by atoms with Crippen LogP contribution < -0.4 is 4.74 Å². The van der Waals surface area contributed by atoms with Crippen molar-refractivity contribution in [2.24, 2.45) is 5.92 Å². The Bertz CT molecular complexity index is 561. The van der Waals surface area contributed by atoms with Gasteiger partial charge in [-0.05, 0) is 37.3 Å². The van der Waals surface area contributed by atoms with E-state index in [0.717, 1.165) is 12.8 Å². The maximum absolute atomic E-state index is 11.6. The van der Waals surface area contributed by atoms with Crippen LogP contribution in [0.5, 0.6) is 5.75 Å². The van der Waals surface area contributed by atoms with Gasteiger partial charge in [0, 0.05) is 5.56 Å².